The van der Waals surface area contributed by atoms with Gasteiger partial charge in [-0.25, -0.2) is 0 Å². The normalized spacial score (nSPS) is 39.3. The number of amides is 1. The third-order valence-corrected chi connectivity index (χ3v) is 17.4. The van der Waals surface area contributed by atoms with Crippen LogP contribution in [-0.4, -0.2) is 145 Å². The van der Waals surface area contributed by atoms with Crippen molar-refractivity contribution in [3.05, 3.63) is 30.4 Å². The molecule has 1 aromatic carbocycles. The lowest BCUT2D eigenvalue weighted by Gasteiger charge is -2.54. The number of ether oxygens (including phenoxy) is 10. The van der Waals surface area contributed by atoms with Crippen molar-refractivity contribution >= 4 is 17.4 Å². The van der Waals surface area contributed by atoms with Crippen molar-refractivity contribution in [3.8, 4) is 11.5 Å². The lowest BCUT2D eigenvalue weighted by atomic mass is 9.72. The summed E-state index contributed by atoms with van der Waals surface area (Å²) in [6.07, 6.45) is 5.44. The minimum absolute atomic E-state index is 0.0102. The van der Waals surface area contributed by atoms with E-state index in [1.165, 1.54) is 0 Å². The zero-order valence-electron chi connectivity index (χ0n) is 44.9. The van der Waals surface area contributed by atoms with E-state index in [0.717, 1.165) is 6.42 Å². The summed E-state index contributed by atoms with van der Waals surface area (Å²) < 4.78 is 63.0. The molecule has 18 atom stereocenters. The Bertz CT molecular complexity index is 1970. The Kier molecular flexibility index (Phi) is 19.4. The first-order valence-electron chi connectivity index (χ1n) is 27.5. The molecule has 0 unspecified atom stereocenters. The van der Waals surface area contributed by atoms with Crippen LogP contribution in [0, 0.1) is 41.4 Å². The van der Waals surface area contributed by atoms with Crippen LogP contribution < -0.4 is 14.8 Å². The lowest BCUT2D eigenvalue weighted by molar-refractivity contribution is -0.409. The smallest absolute Gasteiger partial charge is 0.230 e. The fourth-order valence-corrected chi connectivity index (χ4v) is 12.5. The van der Waals surface area contributed by atoms with Gasteiger partial charge in [0, 0.05) is 41.8 Å². The molecule has 0 aromatic heterocycles. The molecule has 0 aliphatic carbocycles. The number of aliphatic hydroxyl groups excluding tert-OH is 2. The van der Waals surface area contributed by atoms with Crippen LogP contribution in [-0.2, 0) is 47.5 Å². The molecule has 1 aromatic rings. The highest BCUT2D eigenvalue weighted by molar-refractivity contribution is 5.93. The summed E-state index contributed by atoms with van der Waals surface area (Å²) in [6, 6.07) is 5.33. The molecule has 16 heteroatoms. The summed E-state index contributed by atoms with van der Waals surface area (Å²) in [4.78, 5) is 28.9. The van der Waals surface area contributed by atoms with E-state index in [4.69, 9.17) is 47.4 Å². The molecule has 6 aliphatic heterocycles. The van der Waals surface area contributed by atoms with Crippen LogP contribution in [0.1, 0.15) is 133 Å². The predicted molar refractivity (Wildman–Crippen MR) is 270 cm³/mol. The molecule has 4 saturated heterocycles. The maximum atomic E-state index is 14.8. The Morgan fingerprint density at radius 1 is 0.778 bits per heavy atom. The van der Waals surface area contributed by atoms with Gasteiger partial charge in [-0.05, 0) is 108 Å². The maximum Gasteiger partial charge on any atom is 0.230 e. The first-order chi connectivity index (χ1) is 34.3. The summed E-state index contributed by atoms with van der Waals surface area (Å²) in [5.41, 5.74) is -1.10. The molecule has 0 saturated carbocycles. The van der Waals surface area contributed by atoms with Gasteiger partial charge in [0.1, 0.15) is 25.1 Å². The Hall–Kier alpha value is -2.74. The third kappa shape index (κ3) is 12.4. The van der Waals surface area contributed by atoms with E-state index >= 15 is 0 Å². The number of hydrogen-bond donors (Lipinski definition) is 4. The standard InChI is InChI=1S/C56H89NO15/c1-11-41(52(61)57-40-15-17-44-45(33-40)67-31-29-65-27-25-63-24-26-64-28-30-66-44)43-16-14-34(4)50(69-43)38(8)48(59)37(7)49(60)42(12-2)51-35(5)32-36(6)55(70-51)21-18-46(58)56(72-55)23-22-53(10,71-56)47-19-20-54(62,13-3)39(9)68-47/h15,17-18,21,33-39,41-43,46-48,50-51,58-59,62H,11-14,16,19-20,22-32H2,1-10H3,(H,57,61)/t34-,35-,36+,37-,38-,39-,41+,42-,43+,46+,47+,48+,50+,51-,53-,54+,55-,56-/m0/s1. The molecule has 0 bridgehead atoms. The average molecular weight is 1020 g/mol. The molecule has 72 heavy (non-hydrogen) atoms. The zero-order valence-corrected chi connectivity index (χ0v) is 44.9. The minimum atomic E-state index is -1.39. The largest absolute Gasteiger partial charge is 0.487 e. The average Bonchev–Trinajstić information content (AvgIpc) is 3.70. The Labute approximate surface area is 428 Å². The van der Waals surface area contributed by atoms with E-state index in [-0.39, 0.29) is 48.3 Å². The lowest BCUT2D eigenvalue weighted by Crippen LogP contribution is -2.63. The number of carbonyl (C=O) groups excluding carboxylic acids is 2. The number of anilines is 1. The van der Waals surface area contributed by atoms with E-state index in [1.807, 2.05) is 41.5 Å². The number of ketones is 1. The monoisotopic (exact) mass is 1020 g/mol. The van der Waals surface area contributed by atoms with Gasteiger partial charge in [-0.1, -0.05) is 55.4 Å². The quantitative estimate of drug-likeness (QED) is 0.141. The maximum absolute atomic E-state index is 14.8. The van der Waals surface area contributed by atoms with Crippen molar-refractivity contribution in [2.24, 2.45) is 41.4 Å². The van der Waals surface area contributed by atoms with Crippen LogP contribution in [0.5, 0.6) is 11.5 Å². The van der Waals surface area contributed by atoms with Gasteiger partial charge < -0.3 is 68.0 Å². The molecule has 6 aliphatic rings. The van der Waals surface area contributed by atoms with Gasteiger partial charge in [0.25, 0.3) is 0 Å². The van der Waals surface area contributed by atoms with Gasteiger partial charge in [0.2, 0.25) is 11.7 Å². The van der Waals surface area contributed by atoms with Gasteiger partial charge in [0.15, 0.2) is 17.3 Å². The second-order valence-electron chi connectivity index (χ2n) is 22.3. The van der Waals surface area contributed by atoms with E-state index in [2.05, 4.69) is 26.1 Å². The van der Waals surface area contributed by atoms with Crippen molar-refractivity contribution in [3.63, 3.8) is 0 Å². The van der Waals surface area contributed by atoms with Crippen LogP contribution in [0.15, 0.2) is 30.4 Å². The molecule has 4 N–H and O–H groups in total. The fourth-order valence-electron chi connectivity index (χ4n) is 12.5. The molecule has 16 nitrogen and oxygen atoms in total. The van der Waals surface area contributed by atoms with Crippen molar-refractivity contribution in [1.29, 1.82) is 0 Å². The molecular formula is C56H89NO15. The molecule has 7 rings (SSSR count). The van der Waals surface area contributed by atoms with Gasteiger partial charge in [-0.3, -0.25) is 9.59 Å². The number of carbonyl (C=O) groups is 2. The number of nitrogens with one attached hydrogen (secondary N) is 1. The van der Waals surface area contributed by atoms with Crippen molar-refractivity contribution < 1.29 is 72.3 Å². The molecule has 6 heterocycles. The van der Waals surface area contributed by atoms with Crippen molar-refractivity contribution in [2.45, 2.75) is 199 Å². The highest BCUT2D eigenvalue weighted by Crippen LogP contribution is 2.54. The summed E-state index contributed by atoms with van der Waals surface area (Å²) in [7, 11) is 0. The second kappa shape index (κ2) is 24.5. The summed E-state index contributed by atoms with van der Waals surface area (Å²) >= 11 is 0. The SMILES string of the molecule is CC[C@@H](C(=O)[C@@H](C)[C@@H](O)[C@H](C)[C@@H]1O[C@@H]([C@@H](CC)C(=O)Nc2ccc3c(c2)OCCOCCOCCOCCO3)CC[C@@H]1C)[C@H]1O[C@]2(C=C[C@@H](O)[C@]3(CC[C@@](C)([C@H]4CC[C@](O)(CC)[C@H](C)O4)O3)O2)[C@H](C)C[C@@H]1C. The van der Waals surface area contributed by atoms with Crippen LogP contribution in [0.2, 0.25) is 0 Å². The Morgan fingerprint density at radius 3 is 2.07 bits per heavy atom. The highest BCUT2D eigenvalue weighted by Gasteiger charge is 2.63. The second-order valence-corrected chi connectivity index (χ2v) is 22.3. The van der Waals surface area contributed by atoms with E-state index < -0.39 is 77.0 Å². The number of hydrogen-bond acceptors (Lipinski definition) is 15. The topological polar surface area (TPSA) is 199 Å². The van der Waals surface area contributed by atoms with Crippen LogP contribution >= 0.6 is 0 Å². The Balaban J connectivity index is 0.988. The van der Waals surface area contributed by atoms with Crippen molar-refractivity contribution in [1.82, 2.24) is 0 Å². The number of aliphatic hydroxyl groups is 3. The van der Waals surface area contributed by atoms with Gasteiger partial charge in [-0.15, -0.1) is 0 Å². The fraction of sp³-hybridized carbons (Fsp3) is 0.821. The number of fused-ring (bicyclic) bond motifs is 1. The Morgan fingerprint density at radius 2 is 1.43 bits per heavy atom. The number of Topliss-reactive ketones (excluding diaryl/α,β-unsaturated/α-hetero) is 1. The highest BCUT2D eigenvalue weighted by atomic mass is 16.8. The number of rotatable bonds is 13. The van der Waals surface area contributed by atoms with E-state index in [1.54, 1.807) is 37.3 Å². The van der Waals surface area contributed by atoms with Crippen LogP contribution in [0.3, 0.4) is 0 Å². The van der Waals surface area contributed by atoms with Gasteiger partial charge >= 0.3 is 0 Å². The molecule has 0 radical (unpaired) electrons. The summed E-state index contributed by atoms with van der Waals surface area (Å²) in [6.45, 7) is 23.1. The molecular weight excluding hydrogens is 927 g/mol. The molecule has 408 valence electrons. The summed E-state index contributed by atoms with van der Waals surface area (Å²) in [5.74, 6) is -4.15. The predicted octanol–water partition coefficient (Wildman–Crippen LogP) is 7.56. The van der Waals surface area contributed by atoms with Crippen LogP contribution in [0.25, 0.3) is 0 Å². The van der Waals surface area contributed by atoms with E-state index in [9.17, 15) is 24.9 Å². The number of benzene rings is 1. The van der Waals surface area contributed by atoms with Gasteiger partial charge in [0.05, 0.1) is 93.4 Å². The third-order valence-electron chi connectivity index (χ3n) is 17.4. The molecule has 4 fully saturated rings. The molecule has 1 amide bonds. The van der Waals surface area contributed by atoms with Crippen LogP contribution in [0.4, 0.5) is 5.69 Å². The van der Waals surface area contributed by atoms with Crippen molar-refractivity contribution in [2.75, 3.05) is 58.2 Å². The zero-order chi connectivity index (χ0) is 52.0. The van der Waals surface area contributed by atoms with E-state index in [0.29, 0.717) is 121 Å². The first kappa shape index (κ1) is 57.0. The van der Waals surface area contributed by atoms with Gasteiger partial charge in [-0.2, -0.15) is 0 Å². The first-order valence-corrected chi connectivity index (χ1v) is 27.5. The molecule has 2 spiro atoms. The summed E-state index contributed by atoms with van der Waals surface area (Å²) in [5, 5.41) is 38.0. The minimum Gasteiger partial charge on any atom is -0.487 e.